The van der Waals surface area contributed by atoms with E-state index in [-0.39, 0.29) is 0 Å². The first-order valence-electron chi connectivity index (χ1n) is 6.79. The SMILES string of the molecule is Cc1nn(C)c(C)c1CNCc1cnc(N(C)C)n1C. The minimum absolute atomic E-state index is 0.797. The number of nitrogens with one attached hydrogen (secondary N) is 1. The van der Waals surface area contributed by atoms with Gasteiger partial charge in [-0.05, 0) is 13.8 Å². The Morgan fingerprint density at radius 3 is 2.40 bits per heavy atom. The lowest BCUT2D eigenvalue weighted by molar-refractivity contribution is 0.649. The Morgan fingerprint density at radius 1 is 1.20 bits per heavy atom. The minimum Gasteiger partial charge on any atom is -0.348 e. The van der Waals surface area contributed by atoms with Gasteiger partial charge in [0, 0.05) is 52.5 Å². The Bertz CT molecular complexity index is 593. The lowest BCUT2D eigenvalue weighted by Gasteiger charge is -2.13. The van der Waals surface area contributed by atoms with Crippen molar-refractivity contribution in [2.24, 2.45) is 14.1 Å². The van der Waals surface area contributed by atoms with E-state index in [0.29, 0.717) is 0 Å². The molecule has 0 saturated carbocycles. The van der Waals surface area contributed by atoms with Crippen LogP contribution in [0.2, 0.25) is 0 Å². The third-order valence-corrected chi connectivity index (χ3v) is 3.73. The van der Waals surface area contributed by atoms with Gasteiger partial charge in [0.05, 0.1) is 17.6 Å². The van der Waals surface area contributed by atoms with E-state index in [9.17, 15) is 0 Å². The molecule has 6 nitrogen and oxygen atoms in total. The molecule has 0 radical (unpaired) electrons. The van der Waals surface area contributed by atoms with E-state index in [0.717, 1.165) is 24.7 Å². The third-order valence-electron chi connectivity index (χ3n) is 3.73. The van der Waals surface area contributed by atoms with Gasteiger partial charge in [0.2, 0.25) is 5.95 Å². The molecule has 0 unspecified atom stereocenters. The molecule has 1 N–H and O–H groups in total. The summed E-state index contributed by atoms with van der Waals surface area (Å²) in [5.74, 6) is 0.968. The standard InChI is InChI=1S/C14H24N6/c1-10-13(11(2)20(6)17-10)9-15-7-12-8-16-14(18(3)4)19(12)5/h8,15H,7,9H2,1-6H3. The zero-order chi connectivity index (χ0) is 14.9. The number of anilines is 1. The summed E-state index contributed by atoms with van der Waals surface area (Å²) in [4.78, 5) is 6.43. The van der Waals surface area contributed by atoms with Crippen molar-refractivity contribution >= 4 is 5.95 Å². The lowest BCUT2D eigenvalue weighted by atomic mass is 10.2. The molecule has 0 aliphatic carbocycles. The Hall–Kier alpha value is -1.82. The molecule has 110 valence electrons. The number of aryl methyl sites for hydroxylation is 2. The molecule has 0 saturated heterocycles. The third kappa shape index (κ3) is 2.70. The molecule has 2 aromatic heterocycles. The monoisotopic (exact) mass is 276 g/mol. The summed E-state index contributed by atoms with van der Waals surface area (Å²) in [7, 11) is 8.03. The molecule has 0 atom stereocenters. The maximum atomic E-state index is 4.43. The fourth-order valence-corrected chi connectivity index (χ4v) is 2.40. The van der Waals surface area contributed by atoms with E-state index in [2.05, 4.69) is 33.8 Å². The molecular weight excluding hydrogens is 252 g/mol. The van der Waals surface area contributed by atoms with E-state index < -0.39 is 0 Å². The average Bonchev–Trinajstić information content (AvgIpc) is 2.85. The van der Waals surface area contributed by atoms with Crippen LogP contribution in [0.5, 0.6) is 0 Å². The lowest BCUT2D eigenvalue weighted by Crippen LogP contribution is -2.18. The van der Waals surface area contributed by atoms with Gasteiger partial charge in [0.15, 0.2) is 0 Å². The number of rotatable bonds is 5. The predicted octanol–water partition coefficient (Wildman–Crippen LogP) is 1.13. The number of hydrogen-bond acceptors (Lipinski definition) is 4. The van der Waals surface area contributed by atoms with Gasteiger partial charge in [-0.25, -0.2) is 4.98 Å². The Balaban J connectivity index is 2.00. The molecule has 2 rings (SSSR count). The largest absolute Gasteiger partial charge is 0.348 e. The summed E-state index contributed by atoms with van der Waals surface area (Å²) < 4.78 is 4.04. The first-order valence-corrected chi connectivity index (χ1v) is 6.79. The maximum absolute atomic E-state index is 4.43. The van der Waals surface area contributed by atoms with Crippen LogP contribution in [-0.4, -0.2) is 33.4 Å². The Morgan fingerprint density at radius 2 is 1.90 bits per heavy atom. The second-order valence-corrected chi connectivity index (χ2v) is 5.38. The summed E-state index contributed by atoms with van der Waals surface area (Å²) in [6.07, 6.45) is 1.92. The van der Waals surface area contributed by atoms with Gasteiger partial charge in [-0.15, -0.1) is 0 Å². The molecule has 0 aliphatic heterocycles. The van der Waals surface area contributed by atoms with Gasteiger partial charge in [-0.1, -0.05) is 0 Å². The second-order valence-electron chi connectivity index (χ2n) is 5.38. The molecule has 0 spiro atoms. The van der Waals surface area contributed by atoms with Crippen molar-refractivity contribution in [1.82, 2.24) is 24.6 Å². The van der Waals surface area contributed by atoms with Crippen molar-refractivity contribution in [2.75, 3.05) is 19.0 Å². The van der Waals surface area contributed by atoms with E-state index >= 15 is 0 Å². The summed E-state index contributed by atoms with van der Waals surface area (Å²) in [6.45, 7) is 5.78. The van der Waals surface area contributed by atoms with Crippen molar-refractivity contribution in [1.29, 1.82) is 0 Å². The fourth-order valence-electron chi connectivity index (χ4n) is 2.40. The van der Waals surface area contributed by atoms with E-state index in [1.54, 1.807) is 0 Å². The summed E-state index contributed by atoms with van der Waals surface area (Å²) >= 11 is 0. The highest BCUT2D eigenvalue weighted by Gasteiger charge is 2.10. The number of aromatic nitrogens is 4. The minimum atomic E-state index is 0.797. The van der Waals surface area contributed by atoms with Gasteiger partial charge < -0.3 is 14.8 Å². The van der Waals surface area contributed by atoms with Crippen molar-refractivity contribution in [3.8, 4) is 0 Å². The molecule has 0 fully saturated rings. The number of hydrogen-bond donors (Lipinski definition) is 1. The molecule has 2 heterocycles. The maximum Gasteiger partial charge on any atom is 0.204 e. The van der Waals surface area contributed by atoms with Crippen molar-refractivity contribution in [2.45, 2.75) is 26.9 Å². The number of nitrogens with zero attached hydrogens (tertiary/aromatic N) is 5. The van der Waals surface area contributed by atoms with Gasteiger partial charge in [-0.3, -0.25) is 4.68 Å². The smallest absolute Gasteiger partial charge is 0.204 e. The normalized spacial score (nSPS) is 11.1. The van der Waals surface area contributed by atoms with Crippen LogP contribution >= 0.6 is 0 Å². The summed E-state index contributed by atoms with van der Waals surface area (Å²) in [5.41, 5.74) is 4.76. The number of imidazole rings is 1. The van der Waals surface area contributed by atoms with E-state index in [1.807, 2.05) is 44.0 Å². The van der Waals surface area contributed by atoms with Crippen LogP contribution < -0.4 is 10.2 Å². The van der Waals surface area contributed by atoms with Crippen LogP contribution in [0.1, 0.15) is 22.6 Å². The fraction of sp³-hybridized carbons (Fsp3) is 0.571. The molecule has 20 heavy (non-hydrogen) atoms. The van der Waals surface area contributed by atoms with Crippen LogP contribution in [0.4, 0.5) is 5.95 Å². The van der Waals surface area contributed by atoms with Crippen molar-refractivity contribution in [3.05, 3.63) is 28.8 Å². The van der Waals surface area contributed by atoms with Crippen LogP contribution in [0.15, 0.2) is 6.20 Å². The predicted molar refractivity (Wildman–Crippen MR) is 80.8 cm³/mol. The highest BCUT2D eigenvalue weighted by molar-refractivity contribution is 5.31. The zero-order valence-electron chi connectivity index (χ0n) is 13.2. The molecule has 0 aromatic carbocycles. The second kappa shape index (κ2) is 5.66. The quantitative estimate of drug-likeness (QED) is 0.889. The van der Waals surface area contributed by atoms with Gasteiger partial charge in [0.25, 0.3) is 0 Å². The molecule has 0 amide bonds. The highest BCUT2D eigenvalue weighted by atomic mass is 15.3. The Labute approximate surface area is 120 Å². The summed E-state index contributed by atoms with van der Waals surface area (Å²) in [5, 5.41) is 7.91. The molecule has 6 heteroatoms. The molecule has 0 aliphatic rings. The summed E-state index contributed by atoms with van der Waals surface area (Å²) in [6, 6.07) is 0. The van der Waals surface area contributed by atoms with Crippen molar-refractivity contribution < 1.29 is 0 Å². The van der Waals surface area contributed by atoms with Gasteiger partial charge in [-0.2, -0.15) is 5.10 Å². The first-order chi connectivity index (χ1) is 9.41. The van der Waals surface area contributed by atoms with Crippen molar-refractivity contribution in [3.63, 3.8) is 0 Å². The average molecular weight is 276 g/mol. The Kier molecular flexibility index (Phi) is 4.13. The highest BCUT2D eigenvalue weighted by Crippen LogP contribution is 2.13. The van der Waals surface area contributed by atoms with Crippen LogP contribution in [0.3, 0.4) is 0 Å². The van der Waals surface area contributed by atoms with Gasteiger partial charge >= 0.3 is 0 Å². The van der Waals surface area contributed by atoms with Gasteiger partial charge in [0.1, 0.15) is 0 Å². The molecule has 0 bridgehead atoms. The first kappa shape index (κ1) is 14.6. The van der Waals surface area contributed by atoms with E-state index in [4.69, 9.17) is 0 Å². The van der Waals surface area contributed by atoms with Crippen LogP contribution in [0.25, 0.3) is 0 Å². The van der Waals surface area contributed by atoms with Crippen LogP contribution in [-0.2, 0) is 27.2 Å². The molecular formula is C14H24N6. The van der Waals surface area contributed by atoms with E-state index in [1.165, 1.54) is 17.0 Å². The topological polar surface area (TPSA) is 50.9 Å². The van der Waals surface area contributed by atoms with Crippen LogP contribution in [0, 0.1) is 13.8 Å². The zero-order valence-corrected chi connectivity index (χ0v) is 13.2. The molecule has 2 aromatic rings.